The predicted molar refractivity (Wildman–Crippen MR) is 82.5 cm³/mol. The van der Waals surface area contributed by atoms with Gasteiger partial charge in [-0.1, -0.05) is 22.9 Å². The van der Waals surface area contributed by atoms with Crippen molar-refractivity contribution in [2.24, 2.45) is 5.92 Å². The molecule has 0 radical (unpaired) electrons. The van der Waals surface area contributed by atoms with Gasteiger partial charge in [0.05, 0.1) is 6.04 Å². The number of hydrogen-bond acceptors (Lipinski definition) is 2. The monoisotopic (exact) mass is 321 g/mol. The third-order valence-corrected chi connectivity index (χ3v) is 5.25. The van der Waals surface area contributed by atoms with Crippen LogP contribution in [0.5, 0.6) is 0 Å². The molecule has 0 amide bonds. The van der Waals surface area contributed by atoms with Crippen LogP contribution < -0.4 is 5.32 Å². The van der Waals surface area contributed by atoms with E-state index in [4.69, 9.17) is 4.42 Å². The molecule has 1 atom stereocenters. The molecule has 1 aliphatic carbocycles. The van der Waals surface area contributed by atoms with E-state index in [0.717, 1.165) is 23.8 Å². The summed E-state index contributed by atoms with van der Waals surface area (Å²) in [5.41, 5.74) is 3.52. The molecule has 1 heterocycles. The third-order valence-electron chi connectivity index (χ3n) is 4.03. The molecule has 0 aliphatic heterocycles. The van der Waals surface area contributed by atoms with Gasteiger partial charge in [-0.3, -0.25) is 0 Å². The lowest BCUT2D eigenvalue weighted by atomic mass is 10.1. The molecule has 1 unspecified atom stereocenters. The Morgan fingerprint density at radius 3 is 2.74 bits per heavy atom. The van der Waals surface area contributed by atoms with Crippen LogP contribution in [0, 0.1) is 19.8 Å². The maximum Gasteiger partial charge on any atom is 0.134 e. The van der Waals surface area contributed by atoms with E-state index in [1.807, 2.05) is 0 Å². The van der Waals surface area contributed by atoms with E-state index in [1.165, 1.54) is 33.8 Å². The molecule has 3 heteroatoms. The van der Waals surface area contributed by atoms with Gasteiger partial charge in [-0.2, -0.15) is 0 Å². The largest absolute Gasteiger partial charge is 0.459 e. The third kappa shape index (κ3) is 2.34. The molecular weight excluding hydrogens is 302 g/mol. The van der Waals surface area contributed by atoms with Crippen LogP contribution in [0.4, 0.5) is 0 Å². The maximum atomic E-state index is 6.12. The lowest BCUT2D eigenvalue weighted by Gasteiger charge is -2.13. The quantitative estimate of drug-likeness (QED) is 0.868. The van der Waals surface area contributed by atoms with Crippen molar-refractivity contribution < 1.29 is 4.42 Å². The smallest absolute Gasteiger partial charge is 0.134 e. The summed E-state index contributed by atoms with van der Waals surface area (Å²) in [4.78, 5) is 0. The highest BCUT2D eigenvalue weighted by Gasteiger charge is 2.34. The number of fused-ring (bicyclic) bond motifs is 1. The topological polar surface area (TPSA) is 25.2 Å². The maximum absolute atomic E-state index is 6.12. The molecule has 0 spiro atoms. The minimum absolute atomic E-state index is 0.385. The summed E-state index contributed by atoms with van der Waals surface area (Å²) in [6.07, 6.45) is 2.63. The second kappa shape index (κ2) is 4.95. The van der Waals surface area contributed by atoms with Crippen molar-refractivity contribution in [3.05, 3.63) is 33.5 Å². The first kappa shape index (κ1) is 13.2. The molecule has 102 valence electrons. The van der Waals surface area contributed by atoms with Crippen LogP contribution in [0.2, 0.25) is 0 Å². The standard InChI is InChI=1S/C16H20BrNO/c1-4-18-16(11-5-6-11)14-8-12-10(3)15(17)9(2)7-13(12)19-14/h7-8,11,16,18H,4-6H2,1-3H3. The van der Waals surface area contributed by atoms with E-state index in [2.05, 4.69) is 54.2 Å². The van der Waals surface area contributed by atoms with Gasteiger partial charge in [0.2, 0.25) is 0 Å². The molecule has 2 aromatic rings. The van der Waals surface area contributed by atoms with Crippen molar-refractivity contribution >= 4 is 26.9 Å². The van der Waals surface area contributed by atoms with Crippen LogP contribution in [0.25, 0.3) is 11.0 Å². The summed E-state index contributed by atoms with van der Waals surface area (Å²) in [5.74, 6) is 1.85. The second-order valence-electron chi connectivity index (χ2n) is 5.57. The first-order valence-electron chi connectivity index (χ1n) is 7.04. The van der Waals surface area contributed by atoms with E-state index in [0.29, 0.717) is 6.04 Å². The molecule has 19 heavy (non-hydrogen) atoms. The van der Waals surface area contributed by atoms with E-state index in [1.54, 1.807) is 0 Å². The van der Waals surface area contributed by atoms with Gasteiger partial charge in [0.1, 0.15) is 11.3 Å². The van der Waals surface area contributed by atoms with Gasteiger partial charge in [-0.25, -0.2) is 0 Å². The summed E-state index contributed by atoms with van der Waals surface area (Å²) in [5, 5.41) is 4.80. The second-order valence-corrected chi connectivity index (χ2v) is 6.36. The van der Waals surface area contributed by atoms with E-state index in [9.17, 15) is 0 Å². The van der Waals surface area contributed by atoms with Gasteiger partial charge in [-0.15, -0.1) is 0 Å². The molecule has 0 bridgehead atoms. The molecule has 1 fully saturated rings. The molecule has 1 aliphatic rings. The number of aryl methyl sites for hydroxylation is 2. The lowest BCUT2D eigenvalue weighted by Crippen LogP contribution is -2.21. The molecule has 3 rings (SSSR count). The van der Waals surface area contributed by atoms with Crippen molar-refractivity contribution in [2.75, 3.05) is 6.54 Å². The van der Waals surface area contributed by atoms with Crippen molar-refractivity contribution in [3.63, 3.8) is 0 Å². The molecule has 1 saturated carbocycles. The fraction of sp³-hybridized carbons (Fsp3) is 0.500. The summed E-state index contributed by atoms with van der Waals surface area (Å²) in [6.45, 7) is 7.41. The van der Waals surface area contributed by atoms with Gasteiger partial charge >= 0.3 is 0 Å². The first-order chi connectivity index (χ1) is 9.11. The number of halogens is 1. The zero-order chi connectivity index (χ0) is 13.6. The highest BCUT2D eigenvalue weighted by molar-refractivity contribution is 9.10. The Morgan fingerprint density at radius 1 is 1.37 bits per heavy atom. The minimum atomic E-state index is 0.385. The van der Waals surface area contributed by atoms with E-state index >= 15 is 0 Å². The number of hydrogen-bond donors (Lipinski definition) is 1. The number of benzene rings is 1. The normalized spacial score (nSPS) is 17.1. The Morgan fingerprint density at radius 2 is 2.11 bits per heavy atom. The van der Waals surface area contributed by atoms with E-state index in [-0.39, 0.29) is 0 Å². The Kier molecular flexibility index (Phi) is 3.44. The van der Waals surface area contributed by atoms with Gasteiger partial charge in [0, 0.05) is 9.86 Å². The van der Waals surface area contributed by atoms with Crippen LogP contribution in [-0.2, 0) is 0 Å². The summed E-state index contributed by atoms with van der Waals surface area (Å²) >= 11 is 3.66. The van der Waals surface area contributed by atoms with Gasteiger partial charge in [0.15, 0.2) is 0 Å². The molecule has 1 aromatic carbocycles. The summed E-state index contributed by atoms with van der Waals surface area (Å²) in [6, 6.07) is 4.74. The van der Waals surface area contributed by atoms with Crippen LogP contribution in [0.1, 0.15) is 42.7 Å². The SMILES string of the molecule is CCNC(c1cc2c(C)c(Br)c(C)cc2o1)C1CC1. The van der Waals surface area contributed by atoms with Crippen LogP contribution in [0.3, 0.4) is 0 Å². The molecule has 2 nitrogen and oxygen atoms in total. The zero-order valence-electron chi connectivity index (χ0n) is 11.7. The van der Waals surface area contributed by atoms with Gasteiger partial charge < -0.3 is 9.73 Å². The zero-order valence-corrected chi connectivity index (χ0v) is 13.3. The average molecular weight is 322 g/mol. The molecule has 1 N–H and O–H groups in total. The first-order valence-corrected chi connectivity index (χ1v) is 7.83. The number of rotatable bonds is 4. The number of nitrogens with one attached hydrogen (secondary N) is 1. The summed E-state index contributed by atoms with van der Waals surface area (Å²) in [7, 11) is 0. The lowest BCUT2D eigenvalue weighted by molar-refractivity contribution is 0.403. The molecule has 1 aromatic heterocycles. The molecular formula is C16H20BrNO. The van der Waals surface area contributed by atoms with Crippen LogP contribution in [-0.4, -0.2) is 6.54 Å². The van der Waals surface area contributed by atoms with Crippen LogP contribution >= 0.6 is 15.9 Å². The Balaban J connectivity index is 2.07. The summed E-state index contributed by atoms with van der Waals surface area (Å²) < 4.78 is 7.31. The Hall–Kier alpha value is -0.800. The Bertz CT molecular complexity index is 613. The Labute approximate surface area is 122 Å². The fourth-order valence-corrected chi connectivity index (χ4v) is 3.13. The van der Waals surface area contributed by atoms with Crippen molar-refractivity contribution in [2.45, 2.75) is 39.7 Å². The highest BCUT2D eigenvalue weighted by atomic mass is 79.9. The van der Waals surface area contributed by atoms with Crippen molar-refractivity contribution in [3.8, 4) is 0 Å². The predicted octanol–water partition coefficient (Wildman–Crippen LogP) is 4.87. The number of furan rings is 1. The van der Waals surface area contributed by atoms with Crippen LogP contribution in [0.15, 0.2) is 21.0 Å². The average Bonchev–Trinajstić information content (AvgIpc) is 3.14. The van der Waals surface area contributed by atoms with Crippen molar-refractivity contribution in [1.29, 1.82) is 0 Å². The van der Waals surface area contributed by atoms with Gasteiger partial charge in [-0.05, 0) is 62.4 Å². The van der Waals surface area contributed by atoms with Gasteiger partial charge in [0.25, 0.3) is 0 Å². The van der Waals surface area contributed by atoms with Crippen molar-refractivity contribution in [1.82, 2.24) is 5.32 Å². The molecule has 0 saturated heterocycles. The van der Waals surface area contributed by atoms with E-state index < -0.39 is 0 Å². The fourth-order valence-electron chi connectivity index (χ4n) is 2.80. The minimum Gasteiger partial charge on any atom is -0.459 e. The highest BCUT2D eigenvalue weighted by Crippen LogP contribution is 2.43.